The van der Waals surface area contributed by atoms with Crippen molar-refractivity contribution in [1.29, 1.82) is 0 Å². The summed E-state index contributed by atoms with van der Waals surface area (Å²) in [6, 6.07) is 18.9. The minimum absolute atomic E-state index is 0.0575. The molecule has 0 unspecified atom stereocenters. The van der Waals surface area contributed by atoms with E-state index in [4.69, 9.17) is 9.15 Å². The first kappa shape index (κ1) is 22.8. The number of rotatable bonds is 8. The van der Waals surface area contributed by atoms with Crippen LogP contribution in [0.15, 0.2) is 87.2 Å². The fraction of sp³-hybridized carbons (Fsp3) is 0.0870. The van der Waals surface area contributed by atoms with E-state index in [2.05, 4.69) is 15.2 Å². The van der Waals surface area contributed by atoms with E-state index in [-0.39, 0.29) is 22.0 Å². The van der Waals surface area contributed by atoms with Crippen LogP contribution in [0, 0.1) is 10.1 Å². The van der Waals surface area contributed by atoms with E-state index in [9.17, 15) is 18.5 Å². The van der Waals surface area contributed by atoms with Gasteiger partial charge < -0.3 is 9.15 Å². The summed E-state index contributed by atoms with van der Waals surface area (Å²) in [5.74, 6) is 1.05. The highest BCUT2D eigenvalue weighted by atomic mass is 32.2. The number of benzene rings is 3. The molecular weight excluding hydrogens is 460 g/mol. The van der Waals surface area contributed by atoms with Gasteiger partial charge >= 0.3 is 0 Å². The molecule has 0 saturated heterocycles. The lowest BCUT2D eigenvalue weighted by Gasteiger charge is -2.12. The highest BCUT2D eigenvalue weighted by molar-refractivity contribution is 7.92. The molecule has 0 aliphatic carbocycles. The van der Waals surface area contributed by atoms with E-state index in [1.165, 1.54) is 31.4 Å². The number of hydrogen-bond acceptors (Lipinski definition) is 8. The number of ether oxygens (including phenoxy) is 1. The number of anilines is 2. The third-order valence-electron chi connectivity index (χ3n) is 4.93. The highest BCUT2D eigenvalue weighted by Crippen LogP contribution is 2.29. The number of nitro groups is 1. The van der Waals surface area contributed by atoms with Crippen LogP contribution in [0.3, 0.4) is 0 Å². The van der Waals surface area contributed by atoms with Crippen LogP contribution in [0.25, 0.3) is 11.0 Å². The van der Waals surface area contributed by atoms with Gasteiger partial charge in [-0.05, 0) is 49.4 Å². The summed E-state index contributed by atoms with van der Waals surface area (Å²) in [5.41, 5.74) is 3.79. The molecule has 10 nitrogen and oxygen atoms in total. The minimum Gasteiger partial charge on any atom is -0.497 e. The van der Waals surface area contributed by atoms with Crippen molar-refractivity contribution in [1.82, 2.24) is 0 Å². The van der Waals surface area contributed by atoms with Crippen LogP contribution < -0.4 is 14.9 Å². The van der Waals surface area contributed by atoms with Gasteiger partial charge in [0.2, 0.25) is 0 Å². The Morgan fingerprint density at radius 3 is 2.47 bits per heavy atom. The monoisotopic (exact) mass is 480 g/mol. The van der Waals surface area contributed by atoms with Gasteiger partial charge in [0.1, 0.15) is 21.9 Å². The number of non-ortho nitro benzene ring substituents is 1. The maximum atomic E-state index is 13.1. The largest absolute Gasteiger partial charge is 0.497 e. The number of furan rings is 1. The fourth-order valence-corrected chi connectivity index (χ4v) is 4.40. The molecule has 2 N–H and O–H groups in total. The summed E-state index contributed by atoms with van der Waals surface area (Å²) in [5, 5.41) is 16.4. The van der Waals surface area contributed by atoms with Crippen LogP contribution in [-0.2, 0) is 10.0 Å². The Morgan fingerprint density at radius 2 is 1.79 bits per heavy atom. The normalized spacial score (nSPS) is 11.9. The number of hydrazone groups is 1. The summed E-state index contributed by atoms with van der Waals surface area (Å²) in [4.78, 5) is 10.3. The van der Waals surface area contributed by atoms with Gasteiger partial charge in [-0.1, -0.05) is 18.2 Å². The zero-order valence-corrected chi connectivity index (χ0v) is 19.0. The maximum absolute atomic E-state index is 13.1. The first-order valence-electron chi connectivity index (χ1n) is 10.0. The Bertz CT molecular complexity index is 1460. The zero-order valence-electron chi connectivity index (χ0n) is 18.2. The molecule has 4 aromatic rings. The molecule has 0 amide bonds. The lowest BCUT2D eigenvalue weighted by Crippen LogP contribution is -2.15. The minimum atomic E-state index is -4.20. The van der Waals surface area contributed by atoms with E-state index in [0.717, 1.165) is 11.5 Å². The molecule has 1 aromatic heterocycles. The standard InChI is InChI=1S/C23H20N4O6S/c1-15(22-13-16-5-3-4-6-21(16)33-22)24-25-20-12-9-18(27(28)29)14-23(20)34(30,31)26-17-7-10-19(32-2)11-8-17/h3-14,25-26H,1-2H3. The number of sulfonamides is 1. The molecule has 0 atom stereocenters. The first-order chi connectivity index (χ1) is 16.3. The number of nitrogens with zero attached hydrogens (tertiary/aromatic N) is 2. The number of nitrogens with one attached hydrogen (secondary N) is 2. The van der Waals surface area contributed by atoms with Gasteiger partial charge in [-0.2, -0.15) is 5.10 Å². The fourth-order valence-electron chi connectivity index (χ4n) is 3.17. The molecule has 174 valence electrons. The molecule has 1 heterocycles. The SMILES string of the molecule is COc1ccc(NS(=O)(=O)c2cc([N+](=O)[O-])ccc2NN=C(C)c2cc3ccccc3o2)cc1. The molecule has 0 aliphatic rings. The van der Waals surface area contributed by atoms with Crippen LogP contribution >= 0.6 is 0 Å². The molecule has 0 aliphatic heterocycles. The number of para-hydroxylation sites is 1. The van der Waals surface area contributed by atoms with Gasteiger partial charge in [0.05, 0.1) is 17.7 Å². The predicted octanol–water partition coefficient (Wildman–Crippen LogP) is 4.99. The summed E-state index contributed by atoms with van der Waals surface area (Å²) in [6.45, 7) is 1.69. The van der Waals surface area contributed by atoms with Crippen molar-refractivity contribution in [3.05, 3.63) is 88.7 Å². The molecular formula is C23H20N4O6S. The smallest absolute Gasteiger partial charge is 0.270 e. The molecule has 0 spiro atoms. The van der Waals surface area contributed by atoms with Crippen molar-refractivity contribution in [2.75, 3.05) is 17.3 Å². The number of fused-ring (bicyclic) bond motifs is 1. The van der Waals surface area contributed by atoms with Gasteiger partial charge in [-0.25, -0.2) is 8.42 Å². The number of hydrogen-bond donors (Lipinski definition) is 2. The first-order valence-corrected chi connectivity index (χ1v) is 11.5. The second-order valence-electron chi connectivity index (χ2n) is 7.23. The van der Waals surface area contributed by atoms with Crippen LogP contribution in [-0.4, -0.2) is 26.2 Å². The highest BCUT2D eigenvalue weighted by Gasteiger charge is 2.23. The summed E-state index contributed by atoms with van der Waals surface area (Å²) < 4.78 is 39.5. The quantitative estimate of drug-likeness (QED) is 0.206. The topological polar surface area (TPSA) is 136 Å². The second kappa shape index (κ2) is 9.24. The molecule has 34 heavy (non-hydrogen) atoms. The van der Waals surface area contributed by atoms with Gasteiger partial charge in [0, 0.05) is 23.2 Å². The van der Waals surface area contributed by atoms with E-state index in [1.54, 1.807) is 19.1 Å². The van der Waals surface area contributed by atoms with E-state index in [1.807, 2.05) is 30.3 Å². The summed E-state index contributed by atoms with van der Waals surface area (Å²) >= 11 is 0. The average Bonchev–Trinajstić information content (AvgIpc) is 3.27. The predicted molar refractivity (Wildman–Crippen MR) is 129 cm³/mol. The maximum Gasteiger partial charge on any atom is 0.270 e. The van der Waals surface area contributed by atoms with E-state index >= 15 is 0 Å². The average molecular weight is 481 g/mol. The third kappa shape index (κ3) is 4.84. The van der Waals surface area contributed by atoms with Crippen LogP contribution in [0.2, 0.25) is 0 Å². The van der Waals surface area contributed by atoms with Gasteiger partial charge in [0.25, 0.3) is 15.7 Å². The Balaban J connectivity index is 1.66. The van der Waals surface area contributed by atoms with Gasteiger partial charge in [0.15, 0.2) is 5.76 Å². The van der Waals surface area contributed by atoms with Crippen molar-refractivity contribution < 1.29 is 22.5 Å². The van der Waals surface area contributed by atoms with Crippen molar-refractivity contribution in [3.8, 4) is 5.75 Å². The Kier molecular flexibility index (Phi) is 6.19. The van der Waals surface area contributed by atoms with Gasteiger partial charge in [-0.15, -0.1) is 0 Å². The summed E-state index contributed by atoms with van der Waals surface area (Å²) in [7, 11) is -2.71. The van der Waals surface area contributed by atoms with Crippen LogP contribution in [0.5, 0.6) is 5.75 Å². The molecule has 11 heteroatoms. The van der Waals surface area contributed by atoms with E-state index in [0.29, 0.717) is 22.8 Å². The van der Waals surface area contributed by atoms with Crippen molar-refractivity contribution in [2.24, 2.45) is 5.10 Å². The number of methoxy groups -OCH3 is 1. The second-order valence-corrected chi connectivity index (χ2v) is 8.88. The molecule has 4 rings (SSSR count). The molecule has 3 aromatic carbocycles. The van der Waals surface area contributed by atoms with Gasteiger partial charge in [-0.3, -0.25) is 20.3 Å². The molecule has 0 bridgehead atoms. The van der Waals surface area contributed by atoms with Crippen LogP contribution in [0.1, 0.15) is 12.7 Å². The Morgan fingerprint density at radius 1 is 1.06 bits per heavy atom. The zero-order chi connectivity index (χ0) is 24.3. The van der Waals surface area contributed by atoms with Crippen molar-refractivity contribution in [2.45, 2.75) is 11.8 Å². The number of nitro benzene ring substituents is 1. The molecule has 0 fully saturated rings. The summed E-state index contributed by atoms with van der Waals surface area (Å²) in [6.07, 6.45) is 0. The van der Waals surface area contributed by atoms with Crippen molar-refractivity contribution in [3.63, 3.8) is 0 Å². The van der Waals surface area contributed by atoms with E-state index < -0.39 is 14.9 Å². The van der Waals surface area contributed by atoms with Crippen LogP contribution in [0.4, 0.5) is 17.1 Å². The Labute approximate surface area is 195 Å². The molecule has 0 radical (unpaired) electrons. The molecule has 0 saturated carbocycles. The lowest BCUT2D eigenvalue weighted by atomic mass is 10.2. The van der Waals surface area contributed by atoms with Crippen molar-refractivity contribution >= 4 is 43.8 Å². The third-order valence-corrected chi connectivity index (χ3v) is 6.36. The lowest BCUT2D eigenvalue weighted by molar-refractivity contribution is -0.385. The Hall–Kier alpha value is -4.38.